The van der Waals surface area contributed by atoms with E-state index in [-0.39, 0.29) is 41.9 Å². The summed E-state index contributed by atoms with van der Waals surface area (Å²) in [6, 6.07) is 7.98. The Hall–Kier alpha value is -4.07. The molecule has 1 heterocycles. The number of methoxy groups -OCH3 is 2. The summed E-state index contributed by atoms with van der Waals surface area (Å²) < 4.78 is 29.7. The van der Waals surface area contributed by atoms with E-state index < -0.39 is 0 Å². The summed E-state index contributed by atoms with van der Waals surface area (Å²) >= 11 is 0. The summed E-state index contributed by atoms with van der Waals surface area (Å²) in [5.74, 6) is 0.349. The van der Waals surface area contributed by atoms with Gasteiger partial charge in [0.2, 0.25) is 11.7 Å². The molecular weight excluding hydrogens is 427 g/mol. The van der Waals surface area contributed by atoms with Crippen molar-refractivity contribution in [2.75, 3.05) is 20.8 Å². The van der Waals surface area contributed by atoms with Gasteiger partial charge in [0.25, 0.3) is 0 Å². The standard InChI is InChI=1S/C25H23FN2O5/c1-14-19(6-15-7-22(31-2)25(30)23(8-15)32-3)18-5-4-16(26)9-20(18)21(14)12-28-24(29)10-17-11-27-13-33-17/h4-9,11,13,30H,10,12H2,1-3H3,(H,28,29). The van der Waals surface area contributed by atoms with Crippen LogP contribution in [0.3, 0.4) is 0 Å². The molecule has 0 fully saturated rings. The Morgan fingerprint density at radius 1 is 1.18 bits per heavy atom. The number of allylic oxidation sites excluding steroid dienone is 2. The van der Waals surface area contributed by atoms with E-state index in [2.05, 4.69) is 10.3 Å². The molecule has 33 heavy (non-hydrogen) atoms. The van der Waals surface area contributed by atoms with Crippen molar-refractivity contribution in [3.63, 3.8) is 0 Å². The highest BCUT2D eigenvalue weighted by Gasteiger charge is 2.25. The number of hydrogen-bond donors (Lipinski definition) is 2. The number of carbonyl (C=O) groups excluding carboxylic acids is 1. The van der Waals surface area contributed by atoms with Crippen LogP contribution in [-0.4, -0.2) is 36.8 Å². The van der Waals surface area contributed by atoms with Crippen molar-refractivity contribution < 1.29 is 28.2 Å². The number of carbonyl (C=O) groups is 1. The Morgan fingerprint density at radius 3 is 2.55 bits per heavy atom. The monoisotopic (exact) mass is 450 g/mol. The molecule has 170 valence electrons. The van der Waals surface area contributed by atoms with Gasteiger partial charge in [0, 0.05) is 6.54 Å². The number of halogens is 1. The van der Waals surface area contributed by atoms with Crippen LogP contribution >= 0.6 is 0 Å². The minimum atomic E-state index is -0.360. The lowest BCUT2D eigenvalue weighted by atomic mass is 10.00. The molecule has 0 atom stereocenters. The zero-order valence-electron chi connectivity index (χ0n) is 18.4. The number of phenols is 1. The first-order chi connectivity index (χ1) is 15.9. The van der Waals surface area contributed by atoms with Gasteiger partial charge in [-0.2, -0.15) is 0 Å². The van der Waals surface area contributed by atoms with Crippen molar-refractivity contribution in [3.8, 4) is 17.2 Å². The molecule has 0 spiro atoms. The number of ether oxygens (including phenoxy) is 2. The molecule has 8 heteroatoms. The van der Waals surface area contributed by atoms with Crippen LogP contribution in [0.5, 0.6) is 17.2 Å². The number of aromatic nitrogens is 1. The number of fused-ring (bicyclic) bond motifs is 1. The van der Waals surface area contributed by atoms with Crippen molar-refractivity contribution >= 4 is 23.1 Å². The first kappa shape index (κ1) is 22.1. The number of rotatable bonds is 7. The smallest absolute Gasteiger partial charge is 0.227 e. The van der Waals surface area contributed by atoms with Crippen LogP contribution < -0.4 is 14.8 Å². The Kier molecular flexibility index (Phi) is 6.17. The van der Waals surface area contributed by atoms with E-state index in [9.17, 15) is 14.3 Å². The number of amides is 1. The van der Waals surface area contributed by atoms with Crippen LogP contribution in [0.15, 0.2) is 52.9 Å². The molecule has 1 aromatic heterocycles. The highest BCUT2D eigenvalue weighted by atomic mass is 19.1. The second-order valence-electron chi connectivity index (χ2n) is 7.55. The van der Waals surface area contributed by atoms with E-state index in [1.165, 1.54) is 38.9 Å². The summed E-state index contributed by atoms with van der Waals surface area (Å²) in [6.45, 7) is 2.16. The Morgan fingerprint density at radius 2 is 1.91 bits per heavy atom. The normalized spacial score (nSPS) is 13.9. The van der Waals surface area contributed by atoms with Gasteiger partial charge < -0.3 is 24.3 Å². The van der Waals surface area contributed by atoms with E-state index in [4.69, 9.17) is 13.9 Å². The third-order valence-corrected chi connectivity index (χ3v) is 5.55. The zero-order valence-corrected chi connectivity index (χ0v) is 18.4. The zero-order chi connectivity index (χ0) is 23.5. The number of oxazole rings is 1. The number of aromatic hydroxyl groups is 1. The summed E-state index contributed by atoms with van der Waals surface area (Å²) in [7, 11) is 2.92. The molecule has 1 amide bonds. The van der Waals surface area contributed by atoms with Crippen molar-refractivity contribution in [1.82, 2.24) is 10.3 Å². The minimum Gasteiger partial charge on any atom is -0.502 e. The lowest BCUT2D eigenvalue weighted by molar-refractivity contribution is -0.120. The number of phenolic OH excluding ortho intramolecular Hbond substituents is 1. The average Bonchev–Trinajstić information content (AvgIpc) is 3.39. The number of benzene rings is 2. The molecule has 0 radical (unpaired) electrons. The van der Waals surface area contributed by atoms with E-state index in [1.54, 1.807) is 18.2 Å². The molecule has 0 saturated carbocycles. The molecular formula is C25H23FN2O5. The number of nitrogens with zero attached hydrogens (tertiary/aromatic N) is 1. The van der Waals surface area contributed by atoms with E-state index in [0.29, 0.717) is 5.76 Å². The van der Waals surface area contributed by atoms with Crippen LogP contribution in [0, 0.1) is 5.82 Å². The van der Waals surface area contributed by atoms with Crippen LogP contribution in [0.1, 0.15) is 29.4 Å². The molecule has 2 aromatic carbocycles. The van der Waals surface area contributed by atoms with Gasteiger partial charge in [0.1, 0.15) is 11.6 Å². The molecule has 1 aliphatic carbocycles. The predicted molar refractivity (Wildman–Crippen MR) is 121 cm³/mol. The fraction of sp³-hybridized carbons (Fsp3) is 0.200. The maximum atomic E-state index is 14.1. The second-order valence-corrected chi connectivity index (χ2v) is 7.55. The van der Waals surface area contributed by atoms with Gasteiger partial charge in [-0.15, -0.1) is 0 Å². The average molecular weight is 450 g/mol. The van der Waals surface area contributed by atoms with Gasteiger partial charge in [-0.25, -0.2) is 9.37 Å². The van der Waals surface area contributed by atoms with Gasteiger partial charge in [-0.05, 0) is 70.7 Å². The van der Waals surface area contributed by atoms with Gasteiger partial charge >= 0.3 is 0 Å². The Balaban J connectivity index is 1.69. The first-order valence-corrected chi connectivity index (χ1v) is 10.2. The highest BCUT2D eigenvalue weighted by Crippen LogP contribution is 2.44. The fourth-order valence-electron chi connectivity index (χ4n) is 3.88. The van der Waals surface area contributed by atoms with Crippen molar-refractivity contribution in [1.29, 1.82) is 0 Å². The lowest BCUT2D eigenvalue weighted by Gasteiger charge is -2.11. The third kappa shape index (κ3) is 4.45. The third-order valence-electron chi connectivity index (χ3n) is 5.55. The maximum absolute atomic E-state index is 14.1. The van der Waals surface area contributed by atoms with Crippen LogP contribution in [-0.2, 0) is 11.2 Å². The second kappa shape index (κ2) is 9.20. The first-order valence-electron chi connectivity index (χ1n) is 10.2. The van der Waals surface area contributed by atoms with E-state index in [1.807, 2.05) is 13.0 Å². The fourth-order valence-corrected chi connectivity index (χ4v) is 3.88. The van der Waals surface area contributed by atoms with E-state index >= 15 is 0 Å². The van der Waals surface area contributed by atoms with Crippen LogP contribution in [0.25, 0.3) is 17.2 Å². The summed E-state index contributed by atoms with van der Waals surface area (Å²) in [6.07, 6.45) is 4.75. The van der Waals surface area contributed by atoms with Gasteiger partial charge in [-0.1, -0.05) is 6.07 Å². The van der Waals surface area contributed by atoms with Crippen LogP contribution in [0.2, 0.25) is 0 Å². The Bertz CT molecular complexity index is 1240. The molecule has 2 N–H and O–H groups in total. The van der Waals surface area contributed by atoms with Gasteiger partial charge in [0.05, 0.1) is 26.8 Å². The minimum absolute atomic E-state index is 0.0676. The topological polar surface area (TPSA) is 93.8 Å². The maximum Gasteiger partial charge on any atom is 0.227 e. The van der Waals surface area contributed by atoms with Gasteiger partial charge in [0.15, 0.2) is 17.9 Å². The molecule has 0 unspecified atom stereocenters. The largest absolute Gasteiger partial charge is 0.502 e. The summed E-state index contributed by atoms with van der Waals surface area (Å²) in [4.78, 5) is 16.1. The lowest BCUT2D eigenvalue weighted by Crippen LogP contribution is -2.26. The molecule has 3 aromatic rings. The molecule has 0 saturated heterocycles. The Labute approximate surface area is 190 Å². The van der Waals surface area contributed by atoms with Crippen molar-refractivity contribution in [2.24, 2.45) is 0 Å². The number of hydrogen-bond acceptors (Lipinski definition) is 6. The molecule has 4 rings (SSSR count). The van der Waals surface area contributed by atoms with Gasteiger partial charge in [-0.3, -0.25) is 4.79 Å². The number of nitrogens with one attached hydrogen (secondary N) is 1. The summed E-state index contributed by atoms with van der Waals surface area (Å²) in [5.41, 5.74) is 4.90. The molecule has 7 nitrogen and oxygen atoms in total. The van der Waals surface area contributed by atoms with E-state index in [0.717, 1.165) is 33.4 Å². The quantitative estimate of drug-likeness (QED) is 0.560. The van der Waals surface area contributed by atoms with Crippen molar-refractivity contribution in [2.45, 2.75) is 13.3 Å². The SMILES string of the molecule is COc1cc(C=C2C(C)=C(CNC(=O)Cc3cnco3)c3cc(F)ccc32)cc(OC)c1O. The molecule has 0 aliphatic heterocycles. The highest BCUT2D eigenvalue weighted by molar-refractivity contribution is 6.06. The van der Waals surface area contributed by atoms with Crippen LogP contribution in [0.4, 0.5) is 4.39 Å². The van der Waals surface area contributed by atoms with Crippen molar-refractivity contribution in [3.05, 3.63) is 76.8 Å². The molecule has 0 bridgehead atoms. The summed E-state index contributed by atoms with van der Waals surface area (Å²) in [5, 5.41) is 13.1. The molecule has 1 aliphatic rings. The predicted octanol–water partition coefficient (Wildman–Crippen LogP) is 4.22.